The molecule has 0 aliphatic carbocycles. The molecule has 0 saturated heterocycles. The maximum atomic E-state index is 14.3. The molecule has 0 heterocycles. The number of halogens is 1. The van der Waals surface area contributed by atoms with Crippen molar-refractivity contribution in [1.29, 1.82) is 0 Å². The molecule has 0 aliphatic rings. The van der Waals surface area contributed by atoms with E-state index in [0.29, 0.717) is 0 Å². The first-order chi connectivity index (χ1) is 12.7. The third kappa shape index (κ3) is 4.36. The summed E-state index contributed by atoms with van der Waals surface area (Å²) >= 11 is 0. The van der Waals surface area contributed by atoms with Gasteiger partial charge >= 0.3 is 0 Å². The van der Waals surface area contributed by atoms with Gasteiger partial charge in [0.1, 0.15) is 10.7 Å². The maximum Gasteiger partial charge on any atom is 0.254 e. The van der Waals surface area contributed by atoms with E-state index in [0.717, 1.165) is 22.0 Å². The first-order valence-corrected chi connectivity index (χ1v) is 10.3. The van der Waals surface area contributed by atoms with E-state index in [9.17, 15) is 17.6 Å². The second kappa shape index (κ2) is 8.63. The van der Waals surface area contributed by atoms with Crippen LogP contribution in [-0.4, -0.2) is 43.7 Å². The minimum Gasteiger partial charge on any atom is -0.335 e. The lowest BCUT2D eigenvalue weighted by Gasteiger charge is -2.26. The number of hydrogen-bond donors (Lipinski definition) is 0. The zero-order chi connectivity index (χ0) is 20.2. The van der Waals surface area contributed by atoms with E-state index in [-0.39, 0.29) is 30.6 Å². The Morgan fingerprint density at radius 3 is 2.22 bits per heavy atom. The first-order valence-electron chi connectivity index (χ1n) is 8.85. The van der Waals surface area contributed by atoms with Gasteiger partial charge in [-0.15, -0.1) is 0 Å². The van der Waals surface area contributed by atoms with Gasteiger partial charge in [0.15, 0.2) is 0 Å². The number of carbonyl (C=O) groups is 1. The Labute approximate surface area is 160 Å². The molecule has 0 saturated carbocycles. The second-order valence-corrected chi connectivity index (χ2v) is 8.14. The molecule has 0 radical (unpaired) electrons. The molecule has 0 aromatic heterocycles. The molecular weight excluding hydrogens is 367 g/mol. The highest BCUT2D eigenvalue weighted by molar-refractivity contribution is 7.89. The summed E-state index contributed by atoms with van der Waals surface area (Å²) in [6, 6.07) is 12.7. The summed E-state index contributed by atoms with van der Waals surface area (Å²) in [6.45, 7) is 5.69. The Bertz CT molecular complexity index is 897. The maximum absolute atomic E-state index is 14.3. The number of benzene rings is 2. The predicted molar refractivity (Wildman–Crippen MR) is 103 cm³/mol. The quantitative estimate of drug-likeness (QED) is 0.722. The van der Waals surface area contributed by atoms with Crippen LogP contribution in [0.3, 0.4) is 0 Å². The molecule has 1 atom stereocenters. The zero-order valence-electron chi connectivity index (χ0n) is 16.0. The van der Waals surface area contributed by atoms with Gasteiger partial charge in [-0.05, 0) is 30.7 Å². The molecule has 2 aromatic carbocycles. The van der Waals surface area contributed by atoms with Crippen LogP contribution in [0.25, 0.3) is 0 Å². The van der Waals surface area contributed by atoms with Crippen LogP contribution in [0.5, 0.6) is 0 Å². The highest BCUT2D eigenvalue weighted by Crippen LogP contribution is 2.24. The van der Waals surface area contributed by atoms with Gasteiger partial charge in [-0.25, -0.2) is 12.8 Å². The van der Waals surface area contributed by atoms with Gasteiger partial charge in [0.25, 0.3) is 5.91 Å². The minimum atomic E-state index is -4.00. The third-order valence-electron chi connectivity index (χ3n) is 4.68. The van der Waals surface area contributed by atoms with Crippen molar-refractivity contribution in [2.75, 3.05) is 20.1 Å². The van der Waals surface area contributed by atoms with Crippen LogP contribution in [-0.2, 0) is 10.0 Å². The van der Waals surface area contributed by atoms with Gasteiger partial charge in [0, 0.05) is 25.7 Å². The van der Waals surface area contributed by atoms with E-state index in [2.05, 4.69) is 0 Å². The summed E-state index contributed by atoms with van der Waals surface area (Å²) in [5.41, 5.74) is 1.08. The van der Waals surface area contributed by atoms with Gasteiger partial charge < -0.3 is 4.90 Å². The SMILES string of the molecule is CCN(CC)S(=O)(=O)c1cc(C(=O)N(C)C(C)c2ccccc2)ccc1F. The van der Waals surface area contributed by atoms with E-state index < -0.39 is 20.7 Å². The summed E-state index contributed by atoms with van der Waals surface area (Å²) in [7, 11) is -2.36. The Hall–Kier alpha value is -2.25. The van der Waals surface area contributed by atoms with Crippen LogP contribution in [0.4, 0.5) is 4.39 Å². The van der Waals surface area contributed by atoms with E-state index in [1.807, 2.05) is 37.3 Å². The fourth-order valence-corrected chi connectivity index (χ4v) is 4.42. The Balaban J connectivity index is 2.38. The summed E-state index contributed by atoms with van der Waals surface area (Å²) in [6.07, 6.45) is 0. The molecule has 7 heteroatoms. The fourth-order valence-electron chi connectivity index (χ4n) is 2.87. The van der Waals surface area contributed by atoms with Crippen LogP contribution in [0.15, 0.2) is 53.4 Å². The van der Waals surface area contributed by atoms with E-state index in [1.54, 1.807) is 20.9 Å². The van der Waals surface area contributed by atoms with E-state index in [1.165, 1.54) is 11.0 Å². The molecule has 0 fully saturated rings. The highest BCUT2D eigenvalue weighted by Gasteiger charge is 2.27. The highest BCUT2D eigenvalue weighted by atomic mass is 32.2. The average Bonchev–Trinajstić information content (AvgIpc) is 2.68. The summed E-state index contributed by atoms with van der Waals surface area (Å²) in [4.78, 5) is 13.9. The molecule has 0 spiro atoms. The molecule has 1 amide bonds. The summed E-state index contributed by atoms with van der Waals surface area (Å²) < 4.78 is 40.8. The van der Waals surface area contributed by atoms with E-state index >= 15 is 0 Å². The average molecular weight is 392 g/mol. The number of sulfonamides is 1. The van der Waals surface area contributed by atoms with Crippen molar-refractivity contribution in [2.45, 2.75) is 31.7 Å². The monoisotopic (exact) mass is 392 g/mol. The Morgan fingerprint density at radius 1 is 1.07 bits per heavy atom. The van der Waals surface area contributed by atoms with Gasteiger partial charge in [-0.2, -0.15) is 4.31 Å². The van der Waals surface area contributed by atoms with Crippen molar-refractivity contribution in [3.8, 4) is 0 Å². The van der Waals surface area contributed by atoms with Crippen LogP contribution in [0, 0.1) is 5.82 Å². The molecule has 0 N–H and O–H groups in total. The number of carbonyl (C=O) groups excluding carboxylic acids is 1. The lowest BCUT2D eigenvalue weighted by atomic mass is 10.1. The Morgan fingerprint density at radius 2 is 1.67 bits per heavy atom. The van der Waals surface area contributed by atoms with Crippen LogP contribution < -0.4 is 0 Å². The molecule has 0 bridgehead atoms. The topological polar surface area (TPSA) is 57.7 Å². The Kier molecular flexibility index (Phi) is 6.73. The predicted octanol–water partition coefficient (Wildman–Crippen LogP) is 3.69. The standard InChI is InChI=1S/C20H25FN2O3S/c1-5-23(6-2)27(25,26)19-14-17(12-13-18(19)21)20(24)22(4)15(3)16-10-8-7-9-11-16/h7-15H,5-6H2,1-4H3. The third-order valence-corrected chi connectivity index (χ3v) is 6.75. The van der Waals surface area contributed by atoms with E-state index in [4.69, 9.17) is 0 Å². The number of amides is 1. The van der Waals surface area contributed by atoms with Crippen molar-refractivity contribution in [3.05, 3.63) is 65.5 Å². The molecule has 0 aliphatic heterocycles. The lowest BCUT2D eigenvalue weighted by Crippen LogP contribution is -2.32. The van der Waals surface area contributed by atoms with Gasteiger partial charge in [0.2, 0.25) is 10.0 Å². The minimum absolute atomic E-state index is 0.132. The summed E-state index contributed by atoms with van der Waals surface area (Å²) in [5, 5.41) is 0. The zero-order valence-corrected chi connectivity index (χ0v) is 16.8. The van der Waals surface area contributed by atoms with Gasteiger partial charge in [-0.1, -0.05) is 44.2 Å². The lowest BCUT2D eigenvalue weighted by molar-refractivity contribution is 0.0742. The number of nitrogens with zero attached hydrogens (tertiary/aromatic N) is 2. The molecule has 27 heavy (non-hydrogen) atoms. The van der Waals surface area contributed by atoms with Gasteiger partial charge in [-0.3, -0.25) is 4.79 Å². The van der Waals surface area contributed by atoms with Crippen molar-refractivity contribution in [1.82, 2.24) is 9.21 Å². The molecule has 146 valence electrons. The van der Waals surface area contributed by atoms with Crippen molar-refractivity contribution < 1.29 is 17.6 Å². The second-order valence-electron chi connectivity index (χ2n) is 6.24. The van der Waals surface area contributed by atoms with Crippen molar-refractivity contribution in [3.63, 3.8) is 0 Å². The summed E-state index contributed by atoms with van der Waals surface area (Å²) in [5.74, 6) is -1.24. The largest absolute Gasteiger partial charge is 0.335 e. The molecule has 2 aromatic rings. The smallest absolute Gasteiger partial charge is 0.254 e. The van der Waals surface area contributed by atoms with Crippen molar-refractivity contribution >= 4 is 15.9 Å². The molecule has 5 nitrogen and oxygen atoms in total. The van der Waals surface area contributed by atoms with Crippen molar-refractivity contribution in [2.24, 2.45) is 0 Å². The number of rotatable bonds is 7. The van der Waals surface area contributed by atoms with Gasteiger partial charge in [0.05, 0.1) is 6.04 Å². The van der Waals surface area contributed by atoms with Crippen LogP contribution in [0.1, 0.15) is 42.7 Å². The fraction of sp³-hybridized carbons (Fsp3) is 0.350. The normalized spacial score (nSPS) is 12.8. The first kappa shape index (κ1) is 21.1. The molecular formula is C20H25FN2O3S. The molecule has 1 unspecified atom stereocenters. The molecule has 2 rings (SSSR count). The van der Waals surface area contributed by atoms with Crippen LogP contribution in [0.2, 0.25) is 0 Å². The van der Waals surface area contributed by atoms with Crippen LogP contribution >= 0.6 is 0 Å². The number of hydrogen-bond acceptors (Lipinski definition) is 3.